The average Bonchev–Trinajstić information content (AvgIpc) is 2.49. The third-order valence-electron chi connectivity index (χ3n) is 1.54. The molecule has 60 valence electrons. The first-order valence-electron chi connectivity index (χ1n) is 3.30. The fourth-order valence-electron chi connectivity index (χ4n) is 0.968. The molecule has 0 saturated heterocycles. The zero-order chi connectivity index (χ0) is 8.55. The lowest BCUT2D eigenvalue weighted by Crippen LogP contribution is -1.85. The molecule has 0 amide bonds. The zero-order valence-corrected chi connectivity index (χ0v) is 6.71. The van der Waals surface area contributed by atoms with Crippen LogP contribution in [0.25, 0.3) is 11.1 Å². The molecule has 0 bridgehead atoms. The lowest BCUT2D eigenvalue weighted by Gasteiger charge is -1.93. The van der Waals surface area contributed by atoms with E-state index in [1.54, 1.807) is 12.1 Å². The van der Waals surface area contributed by atoms with Gasteiger partial charge < -0.3 is 4.42 Å². The Labute approximate surface area is 73.0 Å². The molecule has 0 N–H and O–H groups in total. The predicted molar refractivity (Wildman–Crippen MR) is 44.4 cm³/mol. The maximum atomic E-state index is 10.4. The molecule has 2 rings (SSSR count). The number of fused-ring (bicyclic) bond motifs is 1. The van der Waals surface area contributed by atoms with Gasteiger partial charge in [0, 0.05) is 6.07 Å². The fraction of sp³-hybridized carbons (Fsp3) is 0. The molecule has 0 radical (unpaired) electrons. The van der Waals surface area contributed by atoms with E-state index in [1.165, 1.54) is 6.26 Å². The molecule has 0 unspecified atom stereocenters. The van der Waals surface area contributed by atoms with Crippen molar-refractivity contribution < 1.29 is 9.21 Å². The number of aromatic nitrogens is 1. The Hall–Kier alpha value is -1.35. The van der Waals surface area contributed by atoms with Crippen LogP contribution >= 0.6 is 11.6 Å². The molecule has 0 fully saturated rings. The van der Waals surface area contributed by atoms with E-state index in [4.69, 9.17) is 16.0 Å². The molecule has 2 heterocycles. The summed E-state index contributed by atoms with van der Waals surface area (Å²) < 4.78 is 5.04. The molecule has 0 aromatic carbocycles. The Morgan fingerprint density at radius 2 is 2.42 bits per heavy atom. The van der Waals surface area contributed by atoms with E-state index in [0.717, 1.165) is 0 Å². The van der Waals surface area contributed by atoms with Crippen molar-refractivity contribution in [3.05, 3.63) is 29.1 Å². The summed E-state index contributed by atoms with van der Waals surface area (Å²) >= 11 is 5.68. The van der Waals surface area contributed by atoms with Crippen molar-refractivity contribution in [1.29, 1.82) is 0 Å². The van der Waals surface area contributed by atoms with Crippen LogP contribution in [-0.4, -0.2) is 11.3 Å². The third-order valence-corrected chi connectivity index (χ3v) is 1.85. The van der Waals surface area contributed by atoms with Crippen molar-refractivity contribution in [2.75, 3.05) is 0 Å². The van der Waals surface area contributed by atoms with Crippen LogP contribution in [0.5, 0.6) is 0 Å². The molecule has 4 heteroatoms. The predicted octanol–water partition coefficient (Wildman–Crippen LogP) is 2.29. The maximum Gasteiger partial charge on any atom is 0.153 e. The van der Waals surface area contributed by atoms with Crippen LogP contribution in [0.4, 0.5) is 0 Å². The topological polar surface area (TPSA) is 43.1 Å². The van der Waals surface area contributed by atoms with E-state index in [9.17, 15) is 4.79 Å². The highest BCUT2D eigenvalue weighted by atomic mass is 35.5. The summed E-state index contributed by atoms with van der Waals surface area (Å²) in [7, 11) is 0. The van der Waals surface area contributed by atoms with Gasteiger partial charge in [0.25, 0.3) is 0 Å². The number of rotatable bonds is 1. The maximum absolute atomic E-state index is 10.4. The van der Waals surface area contributed by atoms with E-state index < -0.39 is 0 Å². The van der Waals surface area contributed by atoms with Crippen LogP contribution in [0, 0.1) is 0 Å². The van der Waals surface area contributed by atoms with Crippen molar-refractivity contribution in [3.8, 4) is 0 Å². The molecule has 0 atom stereocenters. The number of carbonyl (C=O) groups is 1. The first kappa shape index (κ1) is 7.31. The number of nitrogens with zero attached hydrogens (tertiary/aromatic N) is 1. The Kier molecular flexibility index (Phi) is 1.59. The van der Waals surface area contributed by atoms with Crippen molar-refractivity contribution in [1.82, 2.24) is 4.98 Å². The Morgan fingerprint density at radius 1 is 1.58 bits per heavy atom. The van der Waals surface area contributed by atoms with E-state index in [0.29, 0.717) is 22.9 Å². The van der Waals surface area contributed by atoms with Gasteiger partial charge >= 0.3 is 0 Å². The SMILES string of the molecule is O=Cc1cc2occc2nc1Cl. The smallest absolute Gasteiger partial charge is 0.153 e. The van der Waals surface area contributed by atoms with Crippen molar-refractivity contribution in [2.45, 2.75) is 0 Å². The molecular weight excluding hydrogens is 178 g/mol. The Bertz CT molecular complexity index is 436. The van der Waals surface area contributed by atoms with Crippen LogP contribution < -0.4 is 0 Å². The summed E-state index contributed by atoms with van der Waals surface area (Å²) in [5, 5.41) is 0.207. The monoisotopic (exact) mass is 181 g/mol. The molecule has 0 aliphatic carbocycles. The molecule has 12 heavy (non-hydrogen) atoms. The minimum absolute atomic E-state index is 0.207. The van der Waals surface area contributed by atoms with Crippen LogP contribution in [0.3, 0.4) is 0 Å². The second-order valence-corrected chi connectivity index (χ2v) is 2.65. The van der Waals surface area contributed by atoms with E-state index >= 15 is 0 Å². The summed E-state index contributed by atoms with van der Waals surface area (Å²) in [6.07, 6.45) is 2.15. The fourth-order valence-corrected chi connectivity index (χ4v) is 1.16. The molecular formula is C8H4ClNO2. The van der Waals surface area contributed by atoms with Gasteiger partial charge in [0.05, 0.1) is 11.8 Å². The lowest BCUT2D eigenvalue weighted by atomic mass is 10.3. The van der Waals surface area contributed by atoms with Gasteiger partial charge in [-0.2, -0.15) is 0 Å². The van der Waals surface area contributed by atoms with Crippen LogP contribution in [0.1, 0.15) is 10.4 Å². The van der Waals surface area contributed by atoms with Gasteiger partial charge in [0.15, 0.2) is 11.9 Å². The minimum Gasteiger partial charge on any atom is -0.463 e. The Balaban J connectivity index is 2.81. The summed E-state index contributed by atoms with van der Waals surface area (Å²) in [4.78, 5) is 14.4. The van der Waals surface area contributed by atoms with Gasteiger partial charge in [-0.05, 0) is 6.07 Å². The standard InChI is InChI=1S/C8H4ClNO2/c9-8-5(4-11)3-7-6(10-8)1-2-12-7/h1-4H. The highest BCUT2D eigenvalue weighted by Gasteiger charge is 2.04. The normalized spacial score (nSPS) is 10.4. The summed E-state index contributed by atoms with van der Waals surface area (Å²) in [6.45, 7) is 0. The highest BCUT2D eigenvalue weighted by molar-refractivity contribution is 6.32. The van der Waals surface area contributed by atoms with Crippen molar-refractivity contribution in [2.24, 2.45) is 0 Å². The van der Waals surface area contributed by atoms with Gasteiger partial charge in [0.2, 0.25) is 0 Å². The van der Waals surface area contributed by atoms with Gasteiger partial charge in [-0.1, -0.05) is 11.6 Å². The largest absolute Gasteiger partial charge is 0.463 e. The quantitative estimate of drug-likeness (QED) is 0.501. The van der Waals surface area contributed by atoms with Crippen LogP contribution in [0.2, 0.25) is 5.15 Å². The number of hydrogen-bond acceptors (Lipinski definition) is 3. The molecule has 0 saturated carbocycles. The molecule has 2 aromatic heterocycles. The van der Waals surface area contributed by atoms with Gasteiger partial charge in [-0.25, -0.2) is 4.98 Å². The first-order valence-corrected chi connectivity index (χ1v) is 3.68. The number of furan rings is 1. The average molecular weight is 182 g/mol. The second kappa shape index (κ2) is 2.60. The molecule has 0 spiro atoms. The zero-order valence-electron chi connectivity index (χ0n) is 5.95. The van der Waals surface area contributed by atoms with Gasteiger partial charge in [-0.15, -0.1) is 0 Å². The molecule has 3 nitrogen and oxygen atoms in total. The van der Waals surface area contributed by atoms with Crippen molar-refractivity contribution >= 4 is 29.0 Å². The minimum atomic E-state index is 0.207. The molecule has 2 aromatic rings. The summed E-state index contributed by atoms with van der Waals surface area (Å²) in [5.74, 6) is 0. The third kappa shape index (κ3) is 0.987. The van der Waals surface area contributed by atoms with Gasteiger partial charge in [0.1, 0.15) is 10.7 Å². The van der Waals surface area contributed by atoms with Crippen LogP contribution in [0.15, 0.2) is 22.8 Å². The van der Waals surface area contributed by atoms with E-state index in [1.807, 2.05) is 0 Å². The number of aldehydes is 1. The van der Waals surface area contributed by atoms with E-state index in [-0.39, 0.29) is 5.15 Å². The number of hydrogen-bond donors (Lipinski definition) is 0. The van der Waals surface area contributed by atoms with E-state index in [2.05, 4.69) is 4.98 Å². The highest BCUT2D eigenvalue weighted by Crippen LogP contribution is 2.19. The molecule has 0 aliphatic rings. The number of pyridine rings is 1. The molecule has 0 aliphatic heterocycles. The van der Waals surface area contributed by atoms with Crippen molar-refractivity contribution in [3.63, 3.8) is 0 Å². The van der Waals surface area contributed by atoms with Gasteiger partial charge in [-0.3, -0.25) is 4.79 Å². The number of halogens is 1. The van der Waals surface area contributed by atoms with Crippen LogP contribution in [-0.2, 0) is 0 Å². The second-order valence-electron chi connectivity index (χ2n) is 2.29. The Morgan fingerprint density at radius 3 is 3.17 bits per heavy atom. The lowest BCUT2D eigenvalue weighted by molar-refractivity contribution is 0.112. The number of carbonyl (C=O) groups excluding carboxylic acids is 1. The summed E-state index contributed by atoms with van der Waals surface area (Å²) in [6, 6.07) is 3.26. The first-order chi connectivity index (χ1) is 5.81. The summed E-state index contributed by atoms with van der Waals surface area (Å²) in [5.41, 5.74) is 1.58.